The highest BCUT2D eigenvalue weighted by Crippen LogP contribution is 2.60. The molecule has 0 aromatic carbocycles. The lowest BCUT2D eigenvalue weighted by molar-refractivity contribution is -0.0562. The molecule has 3 saturated heterocycles. The lowest BCUT2D eigenvalue weighted by atomic mass is 10.1. The Bertz CT molecular complexity index is 1840. The van der Waals surface area contributed by atoms with Gasteiger partial charge in [-0.3, -0.25) is 37.2 Å². The molecule has 4 aliphatic heterocycles. The van der Waals surface area contributed by atoms with Crippen molar-refractivity contribution >= 4 is 73.0 Å². The summed E-state index contributed by atoms with van der Waals surface area (Å²) in [6.45, 7) is -9.43. The van der Waals surface area contributed by atoms with Crippen molar-refractivity contribution in [3.05, 3.63) is 34.5 Å². The molecule has 0 spiro atoms. The number of nitrogen functional groups attached to an aromatic ring is 1. The van der Waals surface area contributed by atoms with Gasteiger partial charge in [0.2, 0.25) is 5.95 Å². The number of aromatic amines is 1. The van der Waals surface area contributed by atoms with Crippen LogP contribution in [0.4, 0.5) is 16.2 Å². The number of nitrogens with zero attached hydrogens (tertiary/aromatic N) is 5. The second-order valence-electron chi connectivity index (χ2n) is 10.3. The Morgan fingerprint density at radius 1 is 1.05 bits per heavy atom. The number of aromatic nitrogens is 5. The van der Waals surface area contributed by atoms with Crippen molar-refractivity contribution in [2.24, 2.45) is 4.99 Å². The molecule has 3 aromatic heterocycles. The average Bonchev–Trinajstić information content (AvgIpc) is 3.72. The van der Waals surface area contributed by atoms with Gasteiger partial charge in [0.15, 0.2) is 35.6 Å². The van der Waals surface area contributed by atoms with Gasteiger partial charge >= 0.3 is 13.6 Å². The molecule has 3 aromatic rings. The van der Waals surface area contributed by atoms with Crippen LogP contribution in [0.2, 0.25) is 0 Å². The first-order valence-corrected chi connectivity index (χ1v) is 18.5. The summed E-state index contributed by atoms with van der Waals surface area (Å²) < 4.78 is 79.7. The highest BCUT2D eigenvalue weighted by atomic mass is 32.7. The molecular formula is C22H24FN7O10P2S2. The number of carbonyl (C=O) groups excluding carboxylic acids is 1. The lowest BCUT2D eigenvalue weighted by Gasteiger charge is -2.26. The third-order valence-electron chi connectivity index (χ3n) is 7.44. The summed E-state index contributed by atoms with van der Waals surface area (Å²) in [7, 11) is 0. The number of hydrogen-bond acceptors (Lipinski definition) is 14. The minimum Gasteiger partial charge on any atom is -0.369 e. The number of fused-ring (bicyclic) bond motifs is 5. The first kappa shape index (κ1) is 30.3. The summed E-state index contributed by atoms with van der Waals surface area (Å²) >= 11 is 8.16. The van der Waals surface area contributed by atoms with Gasteiger partial charge in [0.1, 0.15) is 24.1 Å². The molecule has 0 radical (unpaired) electrons. The third-order valence-corrected chi connectivity index (χ3v) is 10.7. The Labute approximate surface area is 257 Å². The van der Waals surface area contributed by atoms with Gasteiger partial charge in [0.25, 0.3) is 5.56 Å². The number of halogens is 1. The lowest BCUT2D eigenvalue weighted by Crippen LogP contribution is -2.33. The molecule has 7 rings (SSSR count). The summed E-state index contributed by atoms with van der Waals surface area (Å²) in [5, 5.41) is 0. The fourth-order valence-corrected chi connectivity index (χ4v) is 8.52. The Kier molecular flexibility index (Phi) is 7.67. The maximum atomic E-state index is 16.0. The first-order chi connectivity index (χ1) is 20.9. The number of thiol groups is 2. The van der Waals surface area contributed by atoms with Gasteiger partial charge in [0, 0.05) is 25.3 Å². The number of imidazole rings is 1. The number of ether oxygens (including phenoxy) is 2. The number of ketones is 1. The number of hydrogen-bond donors (Lipinski definition) is 4. The highest BCUT2D eigenvalue weighted by molar-refractivity contribution is 8.44. The molecule has 3 N–H and O–H groups in total. The predicted octanol–water partition coefficient (Wildman–Crippen LogP) is 2.91. The second-order valence-corrected chi connectivity index (χ2v) is 16.1. The number of anilines is 1. The molecule has 0 aliphatic carbocycles. The van der Waals surface area contributed by atoms with E-state index in [1.54, 1.807) is 0 Å². The van der Waals surface area contributed by atoms with Crippen molar-refractivity contribution in [1.29, 1.82) is 0 Å². The van der Waals surface area contributed by atoms with Crippen molar-refractivity contribution in [3.63, 3.8) is 0 Å². The summed E-state index contributed by atoms with van der Waals surface area (Å²) in [5.74, 6) is -0.190. The van der Waals surface area contributed by atoms with E-state index in [0.29, 0.717) is 0 Å². The van der Waals surface area contributed by atoms with E-state index in [0.717, 1.165) is 0 Å². The monoisotopic (exact) mass is 691 g/mol. The Morgan fingerprint density at radius 3 is 2.64 bits per heavy atom. The molecule has 22 heteroatoms. The molecule has 2 bridgehead atoms. The molecule has 9 atom stereocenters. The van der Waals surface area contributed by atoms with Gasteiger partial charge in [-0.15, -0.1) is 0 Å². The minimum absolute atomic E-state index is 0.0276. The molecular weight excluding hydrogens is 667 g/mol. The van der Waals surface area contributed by atoms with E-state index in [4.69, 9.17) is 33.3 Å². The number of rotatable bonds is 2. The van der Waals surface area contributed by atoms with E-state index in [-0.39, 0.29) is 53.7 Å². The minimum atomic E-state index is -4.27. The van der Waals surface area contributed by atoms with Crippen LogP contribution in [0, 0.1) is 0 Å². The molecule has 0 unspecified atom stereocenters. The quantitative estimate of drug-likeness (QED) is 0.225. The third kappa shape index (κ3) is 5.50. The normalized spacial score (nSPS) is 37.7. The van der Waals surface area contributed by atoms with Crippen LogP contribution in [0.5, 0.6) is 0 Å². The number of nitrogens with one attached hydrogen (secondary N) is 1. The van der Waals surface area contributed by atoms with E-state index >= 15 is 4.39 Å². The van der Waals surface area contributed by atoms with Gasteiger partial charge in [-0.1, -0.05) is 24.5 Å². The Morgan fingerprint density at radius 2 is 1.82 bits per heavy atom. The number of Topliss-reactive ketones (excluding diaryl/α,β-unsaturated/α-hetero) is 1. The van der Waals surface area contributed by atoms with Crippen molar-refractivity contribution in [2.45, 2.75) is 55.9 Å². The van der Waals surface area contributed by atoms with Gasteiger partial charge in [-0.25, -0.2) is 23.5 Å². The molecule has 4 aliphatic rings. The number of aliphatic imine (C=N–C) groups is 1. The Hall–Kier alpha value is -2.38. The van der Waals surface area contributed by atoms with Crippen molar-refractivity contribution < 1.29 is 45.9 Å². The maximum absolute atomic E-state index is 16.0. The first-order valence-electron chi connectivity index (χ1n) is 13.1. The van der Waals surface area contributed by atoms with E-state index in [9.17, 15) is 18.7 Å². The van der Waals surface area contributed by atoms with Crippen LogP contribution < -0.4 is 11.3 Å². The smallest absolute Gasteiger partial charge is 0.369 e. The topological polar surface area (TPSA) is 213 Å². The van der Waals surface area contributed by atoms with Crippen LogP contribution in [0.3, 0.4) is 0 Å². The summed E-state index contributed by atoms with van der Waals surface area (Å²) in [6.07, 6.45) is -4.94. The predicted molar refractivity (Wildman–Crippen MR) is 156 cm³/mol. The molecule has 0 amide bonds. The van der Waals surface area contributed by atoms with Gasteiger partial charge in [-0.05, 0) is 6.07 Å². The standard InChI is InChI=1S/C22H24FN7O10P2S2/c23-14-16-13(38-21(14)29-4-2-10-11(31)1-3-25-17(10)29)7-36-41(33,43)39-12-5-9(6-35-42(34,44)40-16)37-20(12)30-8-26-15-18(30)27-22(24)28-19(15)32/h2-4,8-9,12-14,16,20-21H,1,5-7H2,(H,33,43)(H,34,44)(H3,24,27,28,32)/t9-,12+,13+,14-,16+,20+,21+,41+,42+/m0/s1. The van der Waals surface area contributed by atoms with E-state index in [1.165, 1.54) is 33.9 Å². The van der Waals surface area contributed by atoms with Gasteiger partial charge < -0.3 is 19.8 Å². The summed E-state index contributed by atoms with van der Waals surface area (Å²) in [5.41, 5.74) is 5.44. The van der Waals surface area contributed by atoms with Crippen LogP contribution in [-0.2, 0) is 36.7 Å². The fraction of sp³-hybridized carbons (Fsp3) is 0.500. The molecule has 17 nitrogen and oxygen atoms in total. The van der Waals surface area contributed by atoms with Crippen LogP contribution in [-0.4, -0.2) is 79.9 Å². The van der Waals surface area contributed by atoms with E-state index < -0.39 is 68.8 Å². The molecule has 3 fully saturated rings. The molecule has 0 saturated carbocycles. The number of nitrogens with two attached hydrogens (primary N) is 1. The summed E-state index contributed by atoms with van der Waals surface area (Å²) in [4.78, 5) is 39.3. The molecule has 7 heterocycles. The second kappa shape index (κ2) is 11.2. The molecule has 44 heavy (non-hydrogen) atoms. The zero-order chi connectivity index (χ0) is 31.0. The maximum Gasteiger partial charge on any atom is 0.386 e. The summed E-state index contributed by atoms with van der Waals surface area (Å²) in [6, 6.07) is 1.49. The van der Waals surface area contributed by atoms with Crippen LogP contribution in [0.1, 0.15) is 35.7 Å². The molecule has 236 valence electrons. The largest absolute Gasteiger partial charge is 0.386 e. The van der Waals surface area contributed by atoms with E-state index in [1.807, 2.05) is 0 Å². The zero-order valence-corrected chi connectivity index (χ0v) is 25.8. The van der Waals surface area contributed by atoms with Crippen LogP contribution in [0.25, 0.3) is 11.2 Å². The highest BCUT2D eigenvalue weighted by Gasteiger charge is 2.52. The Balaban J connectivity index is 1.18. The fourth-order valence-electron chi connectivity index (χ4n) is 5.52. The van der Waals surface area contributed by atoms with Gasteiger partial charge in [0.05, 0.1) is 31.2 Å². The van der Waals surface area contributed by atoms with Crippen molar-refractivity contribution in [2.75, 3.05) is 18.9 Å². The number of alkyl halides is 1. The van der Waals surface area contributed by atoms with Crippen LogP contribution >= 0.6 is 38.1 Å². The average molecular weight is 692 g/mol. The SMILES string of the molecule is Nc1nc2c(ncn2[C@@H]2O[C@@H]3CO[P@@](=O)(S)O[C@H]4[C@H](F)[C@H](n5ccc6c5N=CCC6=O)O[C@@H]4CO[P@@](=O)(S)O[C@@H]2C3)c(=O)[nH]1. The number of carbonyl (C=O) groups is 1. The van der Waals surface area contributed by atoms with Gasteiger partial charge in [-0.2, -0.15) is 4.98 Å². The number of H-pyrrole nitrogens is 1. The zero-order valence-electron chi connectivity index (χ0n) is 22.2. The van der Waals surface area contributed by atoms with E-state index in [2.05, 4.69) is 44.4 Å². The van der Waals surface area contributed by atoms with Crippen LogP contribution in [0.15, 0.2) is 28.4 Å². The van der Waals surface area contributed by atoms with Crippen molar-refractivity contribution in [1.82, 2.24) is 24.1 Å². The van der Waals surface area contributed by atoms with Crippen molar-refractivity contribution in [3.8, 4) is 0 Å².